The lowest BCUT2D eigenvalue weighted by molar-refractivity contribution is -0.0504. The monoisotopic (exact) mass is 407 g/mol. The predicted molar refractivity (Wildman–Crippen MR) is 109 cm³/mol. The molecule has 6 nitrogen and oxygen atoms in total. The number of hydrogen-bond acceptors (Lipinski definition) is 4. The summed E-state index contributed by atoms with van der Waals surface area (Å²) < 4.78 is 35.3. The van der Waals surface area contributed by atoms with Crippen molar-refractivity contribution in [1.29, 1.82) is 0 Å². The summed E-state index contributed by atoms with van der Waals surface area (Å²) in [5.74, 6) is 0.596. The first-order valence-corrected chi connectivity index (χ1v) is 9.55. The molecule has 0 unspecified atom stereocenters. The van der Waals surface area contributed by atoms with Gasteiger partial charge in [-0.25, -0.2) is 4.79 Å². The van der Waals surface area contributed by atoms with Crippen LogP contribution in [0, 0.1) is 0 Å². The Bertz CT molecular complexity index is 770. The first kappa shape index (κ1) is 22.4. The van der Waals surface area contributed by atoms with Gasteiger partial charge in [0.25, 0.3) is 0 Å². The molecule has 2 aromatic carbocycles. The summed E-state index contributed by atoms with van der Waals surface area (Å²) >= 11 is 0. The molecule has 2 amide bonds. The van der Waals surface area contributed by atoms with Gasteiger partial charge >= 0.3 is 12.6 Å². The average Bonchev–Trinajstić information content (AvgIpc) is 2.71. The van der Waals surface area contributed by atoms with Gasteiger partial charge in [0.2, 0.25) is 0 Å². The number of likely N-dealkylation sites (N-methyl/N-ethyl adjacent to an activating group) is 1. The highest BCUT2D eigenvalue weighted by molar-refractivity contribution is 5.90. The van der Waals surface area contributed by atoms with Crippen LogP contribution in [0.15, 0.2) is 48.5 Å². The zero-order valence-corrected chi connectivity index (χ0v) is 16.7. The van der Waals surface area contributed by atoms with Gasteiger partial charge in [-0.1, -0.05) is 44.2 Å². The predicted octanol–water partition coefficient (Wildman–Crippen LogP) is 4.33. The van der Waals surface area contributed by atoms with Gasteiger partial charge in [0, 0.05) is 18.7 Å². The van der Waals surface area contributed by atoms with Gasteiger partial charge in [-0.2, -0.15) is 8.78 Å². The van der Waals surface area contributed by atoms with Crippen LogP contribution in [0.1, 0.15) is 19.4 Å². The third-order valence-corrected chi connectivity index (χ3v) is 4.32. The van der Waals surface area contributed by atoms with Crippen LogP contribution in [0.3, 0.4) is 0 Å². The molecule has 0 aliphatic carbocycles. The number of para-hydroxylation sites is 3. The van der Waals surface area contributed by atoms with E-state index in [-0.39, 0.29) is 12.3 Å². The highest BCUT2D eigenvalue weighted by Crippen LogP contribution is 2.24. The van der Waals surface area contributed by atoms with E-state index in [0.29, 0.717) is 23.6 Å². The molecule has 0 atom stereocenters. The number of halogens is 2. The molecule has 2 rings (SSSR count). The van der Waals surface area contributed by atoms with Crippen molar-refractivity contribution in [2.24, 2.45) is 0 Å². The Morgan fingerprint density at radius 1 is 1.03 bits per heavy atom. The van der Waals surface area contributed by atoms with Crippen LogP contribution in [0.25, 0.3) is 0 Å². The van der Waals surface area contributed by atoms with Gasteiger partial charge in [-0.3, -0.25) is 0 Å². The molecule has 2 aromatic rings. The van der Waals surface area contributed by atoms with Crippen LogP contribution < -0.4 is 20.1 Å². The summed E-state index contributed by atoms with van der Waals surface area (Å²) in [6.07, 6.45) is 0. The van der Waals surface area contributed by atoms with E-state index in [9.17, 15) is 13.6 Å². The molecule has 0 saturated carbocycles. The van der Waals surface area contributed by atoms with Crippen molar-refractivity contribution in [2.45, 2.75) is 27.0 Å². The molecule has 0 aromatic heterocycles. The average molecular weight is 407 g/mol. The van der Waals surface area contributed by atoms with Crippen molar-refractivity contribution >= 4 is 11.7 Å². The minimum Gasteiger partial charge on any atom is -0.490 e. The van der Waals surface area contributed by atoms with Crippen LogP contribution in [0.2, 0.25) is 0 Å². The van der Waals surface area contributed by atoms with E-state index >= 15 is 0 Å². The maximum Gasteiger partial charge on any atom is 0.387 e. The summed E-state index contributed by atoms with van der Waals surface area (Å²) in [7, 11) is 0. The minimum absolute atomic E-state index is 0.0305. The summed E-state index contributed by atoms with van der Waals surface area (Å²) in [6, 6.07) is 13.0. The largest absolute Gasteiger partial charge is 0.490 e. The zero-order chi connectivity index (χ0) is 21.1. The van der Waals surface area contributed by atoms with Gasteiger partial charge in [-0.15, -0.1) is 0 Å². The number of carbonyl (C=O) groups excluding carboxylic acids is 1. The molecule has 0 saturated heterocycles. The van der Waals surface area contributed by atoms with E-state index in [0.717, 1.165) is 19.6 Å². The van der Waals surface area contributed by atoms with Crippen molar-refractivity contribution in [1.82, 2.24) is 10.2 Å². The highest BCUT2D eigenvalue weighted by atomic mass is 19.3. The maximum absolute atomic E-state index is 12.5. The maximum atomic E-state index is 12.5. The lowest BCUT2D eigenvalue weighted by atomic mass is 10.2. The standard InChI is InChI=1S/C21H27F2N3O3/c1-3-26(4-2)13-14-28-19-12-8-6-10-17(19)25-21(27)24-15-16-9-5-7-11-18(16)29-20(22)23/h5-12,20H,3-4,13-15H2,1-2H3,(H2,24,25,27). The number of anilines is 1. The summed E-state index contributed by atoms with van der Waals surface area (Å²) in [5.41, 5.74) is 0.980. The van der Waals surface area contributed by atoms with Crippen LogP contribution in [0.5, 0.6) is 11.5 Å². The van der Waals surface area contributed by atoms with Crippen LogP contribution in [0.4, 0.5) is 19.3 Å². The molecule has 2 N–H and O–H groups in total. The van der Waals surface area contributed by atoms with E-state index in [1.807, 2.05) is 6.07 Å². The molecule has 8 heteroatoms. The van der Waals surface area contributed by atoms with Gasteiger partial charge in [0.15, 0.2) is 0 Å². The van der Waals surface area contributed by atoms with Crippen LogP contribution in [-0.2, 0) is 6.54 Å². The topological polar surface area (TPSA) is 62.8 Å². The fourth-order valence-corrected chi connectivity index (χ4v) is 2.72. The number of nitrogens with one attached hydrogen (secondary N) is 2. The Morgan fingerprint density at radius 2 is 1.69 bits per heavy atom. The van der Waals surface area contributed by atoms with E-state index in [2.05, 4.69) is 34.1 Å². The molecule has 0 fully saturated rings. The molecule has 0 heterocycles. The third kappa shape index (κ3) is 7.57. The normalized spacial score (nSPS) is 10.8. The SMILES string of the molecule is CCN(CC)CCOc1ccccc1NC(=O)NCc1ccccc1OC(F)F. The summed E-state index contributed by atoms with van der Waals surface area (Å²) in [5, 5.41) is 5.37. The molecule has 0 radical (unpaired) electrons. The second-order valence-corrected chi connectivity index (χ2v) is 6.17. The van der Waals surface area contributed by atoms with E-state index in [1.54, 1.807) is 36.4 Å². The number of urea groups is 1. The molecule has 0 aliphatic heterocycles. The number of rotatable bonds is 11. The second-order valence-electron chi connectivity index (χ2n) is 6.17. The van der Waals surface area contributed by atoms with Crippen molar-refractivity contribution in [2.75, 3.05) is 31.6 Å². The number of alkyl halides is 2. The smallest absolute Gasteiger partial charge is 0.387 e. The molecule has 158 valence electrons. The van der Waals surface area contributed by atoms with Crippen molar-refractivity contribution in [3.63, 3.8) is 0 Å². The Morgan fingerprint density at radius 3 is 2.38 bits per heavy atom. The van der Waals surface area contributed by atoms with E-state index < -0.39 is 12.6 Å². The van der Waals surface area contributed by atoms with Gasteiger partial charge in [0.1, 0.15) is 18.1 Å². The van der Waals surface area contributed by atoms with Crippen molar-refractivity contribution in [3.05, 3.63) is 54.1 Å². The van der Waals surface area contributed by atoms with Crippen molar-refractivity contribution in [3.8, 4) is 11.5 Å². The van der Waals surface area contributed by atoms with Crippen LogP contribution in [-0.4, -0.2) is 43.8 Å². The Balaban J connectivity index is 1.91. The number of ether oxygens (including phenoxy) is 2. The van der Waals surface area contributed by atoms with Crippen molar-refractivity contribution < 1.29 is 23.0 Å². The number of amides is 2. The lowest BCUT2D eigenvalue weighted by Crippen LogP contribution is -2.29. The zero-order valence-electron chi connectivity index (χ0n) is 16.7. The quantitative estimate of drug-likeness (QED) is 0.582. The van der Waals surface area contributed by atoms with Gasteiger partial charge in [0.05, 0.1) is 5.69 Å². The molecule has 0 bridgehead atoms. The Hall–Kier alpha value is -2.87. The highest BCUT2D eigenvalue weighted by Gasteiger charge is 2.11. The lowest BCUT2D eigenvalue weighted by Gasteiger charge is -2.19. The first-order chi connectivity index (χ1) is 14.0. The molecule has 0 aliphatic rings. The molecular weight excluding hydrogens is 380 g/mol. The summed E-state index contributed by atoms with van der Waals surface area (Å²) in [4.78, 5) is 14.5. The Kier molecular flexibility index (Phi) is 9.17. The van der Waals surface area contributed by atoms with E-state index in [1.165, 1.54) is 6.07 Å². The number of hydrogen-bond donors (Lipinski definition) is 2. The number of nitrogens with zero attached hydrogens (tertiary/aromatic N) is 1. The number of carbonyl (C=O) groups is 1. The fourth-order valence-electron chi connectivity index (χ4n) is 2.72. The third-order valence-electron chi connectivity index (χ3n) is 4.32. The Labute approximate surface area is 169 Å². The first-order valence-electron chi connectivity index (χ1n) is 9.55. The summed E-state index contributed by atoms with van der Waals surface area (Å²) in [6.45, 7) is 4.47. The van der Waals surface area contributed by atoms with Gasteiger partial charge in [-0.05, 0) is 31.3 Å². The minimum atomic E-state index is -2.93. The number of benzene rings is 2. The van der Waals surface area contributed by atoms with Crippen LogP contribution >= 0.6 is 0 Å². The second kappa shape index (κ2) is 11.9. The molecule has 29 heavy (non-hydrogen) atoms. The fraction of sp³-hybridized carbons (Fsp3) is 0.381. The molecular formula is C21H27F2N3O3. The van der Waals surface area contributed by atoms with Gasteiger partial charge < -0.3 is 25.0 Å². The molecule has 0 spiro atoms. The van der Waals surface area contributed by atoms with E-state index in [4.69, 9.17) is 4.74 Å².